The number of morpholine rings is 1. The number of carbonyl (C=O) groups excluding carboxylic acids is 1. The maximum absolute atomic E-state index is 13.4. The van der Waals surface area contributed by atoms with E-state index in [-0.39, 0.29) is 11.9 Å². The molecule has 1 aliphatic rings. The van der Waals surface area contributed by atoms with E-state index in [4.69, 9.17) is 4.74 Å². The number of nitrogens with one attached hydrogen (secondary N) is 1. The average Bonchev–Trinajstić information content (AvgIpc) is 2.99. The van der Waals surface area contributed by atoms with Gasteiger partial charge in [0, 0.05) is 41.1 Å². The van der Waals surface area contributed by atoms with Crippen molar-refractivity contribution in [3.63, 3.8) is 0 Å². The molecule has 1 N–H and O–H groups in total. The Morgan fingerprint density at radius 2 is 2.20 bits per heavy atom. The first-order valence-electron chi connectivity index (χ1n) is 8.39. The normalized spacial score (nSPS) is 17.8. The molecule has 0 aliphatic carbocycles. The van der Waals surface area contributed by atoms with E-state index < -0.39 is 0 Å². The van der Waals surface area contributed by atoms with E-state index in [1.165, 1.54) is 0 Å². The molecular weight excluding hydrogens is 316 g/mol. The molecule has 128 valence electrons. The molecule has 25 heavy (non-hydrogen) atoms. The number of fused-ring (bicyclic) bond motifs is 1. The summed E-state index contributed by atoms with van der Waals surface area (Å²) >= 11 is 0. The number of nitrogens with zero attached hydrogens (tertiary/aromatic N) is 3. The first kappa shape index (κ1) is 15.8. The molecule has 1 fully saturated rings. The van der Waals surface area contributed by atoms with Gasteiger partial charge in [-0.05, 0) is 31.4 Å². The highest BCUT2D eigenvalue weighted by Crippen LogP contribution is 2.31. The van der Waals surface area contributed by atoms with Gasteiger partial charge < -0.3 is 9.64 Å². The molecule has 1 amide bonds. The second-order valence-corrected chi connectivity index (χ2v) is 6.34. The largest absolute Gasteiger partial charge is 0.377 e. The van der Waals surface area contributed by atoms with Crippen LogP contribution in [-0.4, -0.2) is 45.7 Å². The number of ether oxygens (including phenoxy) is 1. The number of aryl methyl sites for hydroxylation is 2. The third-order valence-electron chi connectivity index (χ3n) is 4.82. The van der Waals surface area contributed by atoms with E-state index in [1.807, 2.05) is 43.0 Å². The summed E-state index contributed by atoms with van der Waals surface area (Å²) in [5.74, 6) is 0.0186. The molecular formula is C19H20N4O2. The van der Waals surface area contributed by atoms with Crippen molar-refractivity contribution in [1.82, 2.24) is 20.1 Å². The van der Waals surface area contributed by atoms with Crippen LogP contribution in [0.5, 0.6) is 0 Å². The fourth-order valence-corrected chi connectivity index (χ4v) is 3.60. The Bertz CT molecular complexity index is 909. The van der Waals surface area contributed by atoms with Gasteiger partial charge in [-0.25, -0.2) is 0 Å². The van der Waals surface area contributed by atoms with Gasteiger partial charge in [-0.1, -0.05) is 12.1 Å². The van der Waals surface area contributed by atoms with Crippen LogP contribution < -0.4 is 0 Å². The Kier molecular flexibility index (Phi) is 3.97. The van der Waals surface area contributed by atoms with Crippen LogP contribution in [0.2, 0.25) is 0 Å². The standard InChI is InChI=1S/C19H20N4O2/c1-12-18(13(2)22-21-12)17-11-25-9-8-23(17)19(24)16-5-3-4-14-10-20-7-6-15(14)16/h3-7,10,17H,8-9,11H2,1-2H3,(H,21,22). The van der Waals surface area contributed by atoms with Crippen LogP contribution in [0.4, 0.5) is 0 Å². The fourth-order valence-electron chi connectivity index (χ4n) is 3.60. The number of amides is 1. The molecule has 3 aromatic rings. The predicted molar refractivity (Wildman–Crippen MR) is 94.4 cm³/mol. The first-order valence-corrected chi connectivity index (χ1v) is 8.39. The summed E-state index contributed by atoms with van der Waals surface area (Å²) in [6.45, 7) is 5.54. The van der Waals surface area contributed by atoms with Crippen LogP contribution in [-0.2, 0) is 4.74 Å². The van der Waals surface area contributed by atoms with Gasteiger partial charge in [0.1, 0.15) is 0 Å². The average molecular weight is 336 g/mol. The van der Waals surface area contributed by atoms with E-state index in [9.17, 15) is 4.79 Å². The topological polar surface area (TPSA) is 71.1 Å². The molecule has 1 saturated heterocycles. The van der Waals surface area contributed by atoms with Crippen LogP contribution in [0.1, 0.15) is 33.4 Å². The Morgan fingerprint density at radius 1 is 1.32 bits per heavy atom. The summed E-state index contributed by atoms with van der Waals surface area (Å²) in [6, 6.07) is 7.53. The Morgan fingerprint density at radius 3 is 3.00 bits per heavy atom. The molecule has 0 bridgehead atoms. The van der Waals surface area contributed by atoms with Crippen LogP contribution in [0, 0.1) is 13.8 Å². The first-order chi connectivity index (χ1) is 12.2. The molecule has 6 nitrogen and oxygen atoms in total. The smallest absolute Gasteiger partial charge is 0.255 e. The van der Waals surface area contributed by atoms with Gasteiger partial charge in [0.25, 0.3) is 5.91 Å². The van der Waals surface area contributed by atoms with Crippen molar-refractivity contribution in [2.75, 3.05) is 19.8 Å². The third kappa shape index (κ3) is 2.68. The summed E-state index contributed by atoms with van der Waals surface area (Å²) < 4.78 is 5.67. The van der Waals surface area contributed by atoms with Crippen molar-refractivity contribution in [3.8, 4) is 0 Å². The molecule has 1 atom stereocenters. The second-order valence-electron chi connectivity index (χ2n) is 6.34. The summed E-state index contributed by atoms with van der Waals surface area (Å²) in [4.78, 5) is 19.4. The van der Waals surface area contributed by atoms with Gasteiger partial charge in [0.05, 0.1) is 24.9 Å². The van der Waals surface area contributed by atoms with Crippen molar-refractivity contribution in [3.05, 3.63) is 59.2 Å². The lowest BCUT2D eigenvalue weighted by Gasteiger charge is -2.36. The SMILES string of the molecule is Cc1n[nH]c(C)c1C1COCCN1C(=O)c1cccc2cnccc12. The summed E-state index contributed by atoms with van der Waals surface area (Å²) in [5.41, 5.74) is 3.64. The van der Waals surface area contributed by atoms with Crippen LogP contribution in [0.3, 0.4) is 0 Å². The molecule has 0 saturated carbocycles. The lowest BCUT2D eigenvalue weighted by atomic mass is 10.00. The number of carbonyl (C=O) groups is 1. The second kappa shape index (κ2) is 6.29. The highest BCUT2D eigenvalue weighted by Gasteiger charge is 2.32. The molecule has 0 spiro atoms. The molecule has 1 aliphatic heterocycles. The Labute approximate surface area is 145 Å². The van der Waals surface area contributed by atoms with E-state index in [1.54, 1.807) is 12.4 Å². The van der Waals surface area contributed by atoms with Gasteiger partial charge in [0.15, 0.2) is 0 Å². The van der Waals surface area contributed by atoms with E-state index >= 15 is 0 Å². The Balaban J connectivity index is 1.77. The van der Waals surface area contributed by atoms with Crippen molar-refractivity contribution in [2.24, 2.45) is 0 Å². The van der Waals surface area contributed by atoms with Crippen molar-refractivity contribution in [1.29, 1.82) is 0 Å². The lowest BCUT2D eigenvalue weighted by Crippen LogP contribution is -2.43. The molecule has 2 aromatic heterocycles. The lowest BCUT2D eigenvalue weighted by molar-refractivity contribution is -0.00290. The van der Waals surface area contributed by atoms with E-state index in [0.717, 1.165) is 27.7 Å². The van der Waals surface area contributed by atoms with Crippen LogP contribution in [0.25, 0.3) is 10.8 Å². The minimum absolute atomic E-state index is 0.0186. The van der Waals surface area contributed by atoms with Gasteiger partial charge in [-0.3, -0.25) is 14.9 Å². The minimum Gasteiger partial charge on any atom is -0.377 e. The van der Waals surface area contributed by atoms with Gasteiger partial charge in [-0.2, -0.15) is 5.10 Å². The van der Waals surface area contributed by atoms with E-state index in [2.05, 4.69) is 15.2 Å². The monoisotopic (exact) mass is 336 g/mol. The van der Waals surface area contributed by atoms with E-state index in [0.29, 0.717) is 25.3 Å². The minimum atomic E-state index is -0.128. The zero-order valence-corrected chi connectivity index (χ0v) is 14.3. The fraction of sp³-hybridized carbons (Fsp3) is 0.316. The molecule has 6 heteroatoms. The van der Waals surface area contributed by atoms with Crippen molar-refractivity contribution in [2.45, 2.75) is 19.9 Å². The molecule has 3 heterocycles. The van der Waals surface area contributed by atoms with Gasteiger partial charge in [0.2, 0.25) is 0 Å². The zero-order valence-electron chi connectivity index (χ0n) is 14.3. The predicted octanol–water partition coefficient (Wildman–Crippen LogP) is 2.79. The summed E-state index contributed by atoms with van der Waals surface area (Å²) in [5, 5.41) is 9.18. The molecule has 4 rings (SSSR count). The van der Waals surface area contributed by atoms with Crippen molar-refractivity contribution < 1.29 is 9.53 Å². The number of rotatable bonds is 2. The number of aromatic nitrogens is 3. The summed E-state index contributed by atoms with van der Waals surface area (Å²) in [7, 11) is 0. The Hall–Kier alpha value is -2.73. The van der Waals surface area contributed by atoms with Gasteiger partial charge in [-0.15, -0.1) is 0 Å². The number of hydrogen-bond donors (Lipinski definition) is 1. The van der Waals surface area contributed by atoms with Crippen LogP contribution in [0.15, 0.2) is 36.7 Å². The maximum atomic E-state index is 13.4. The highest BCUT2D eigenvalue weighted by atomic mass is 16.5. The number of H-pyrrole nitrogens is 1. The molecule has 1 aromatic carbocycles. The third-order valence-corrected chi connectivity index (χ3v) is 4.82. The summed E-state index contributed by atoms with van der Waals surface area (Å²) in [6.07, 6.45) is 3.51. The number of aromatic amines is 1. The number of hydrogen-bond acceptors (Lipinski definition) is 4. The molecule has 1 unspecified atom stereocenters. The molecule has 0 radical (unpaired) electrons. The van der Waals surface area contributed by atoms with Crippen LogP contribution >= 0.6 is 0 Å². The number of benzene rings is 1. The zero-order chi connectivity index (χ0) is 17.4. The van der Waals surface area contributed by atoms with Gasteiger partial charge >= 0.3 is 0 Å². The quantitative estimate of drug-likeness (QED) is 0.781. The van der Waals surface area contributed by atoms with Crippen molar-refractivity contribution >= 4 is 16.7 Å². The highest BCUT2D eigenvalue weighted by molar-refractivity contribution is 6.07. The maximum Gasteiger partial charge on any atom is 0.255 e. The number of pyridine rings is 1.